The van der Waals surface area contributed by atoms with Crippen LogP contribution in [0.2, 0.25) is 0 Å². The Morgan fingerprint density at radius 3 is 2.52 bits per heavy atom. The van der Waals surface area contributed by atoms with Gasteiger partial charge in [0, 0.05) is 11.1 Å². The molecule has 1 aliphatic heterocycles. The average molecular weight is 335 g/mol. The van der Waals surface area contributed by atoms with Crippen LogP contribution in [-0.4, -0.2) is 26.3 Å². The van der Waals surface area contributed by atoms with Crippen LogP contribution < -0.4 is 0 Å². The maximum atomic E-state index is 14.4. The molecule has 3 aromatic rings. The number of fused-ring (bicyclic) bond motifs is 3. The van der Waals surface area contributed by atoms with E-state index >= 15 is 0 Å². The van der Waals surface area contributed by atoms with Crippen LogP contribution in [0, 0.1) is 5.82 Å². The van der Waals surface area contributed by atoms with E-state index in [1.54, 1.807) is 29.7 Å². The number of aromatic nitrogens is 2. The summed E-state index contributed by atoms with van der Waals surface area (Å²) >= 11 is 0. The first-order valence-electron chi connectivity index (χ1n) is 7.81. The molecule has 6 heteroatoms. The number of hydrogen-bond donors (Lipinski definition) is 1. The SMILES string of the molecule is C[C@@H]1N=C(c2ccccc2F)c2ccccc2-n2cnc(C(=O)O)c21. The highest BCUT2D eigenvalue weighted by molar-refractivity contribution is 6.15. The van der Waals surface area contributed by atoms with Gasteiger partial charge >= 0.3 is 5.97 Å². The molecule has 4 rings (SSSR count). The lowest BCUT2D eigenvalue weighted by Crippen LogP contribution is -2.08. The van der Waals surface area contributed by atoms with Crippen molar-refractivity contribution in [1.29, 1.82) is 0 Å². The molecule has 0 bridgehead atoms. The number of imidazole rings is 1. The number of nitrogens with zero attached hydrogens (tertiary/aromatic N) is 3. The number of aliphatic imine (C=N–C) groups is 1. The summed E-state index contributed by atoms with van der Waals surface area (Å²) in [6, 6.07) is 13.3. The number of para-hydroxylation sites is 1. The highest BCUT2D eigenvalue weighted by atomic mass is 19.1. The minimum absolute atomic E-state index is 0.0409. The molecule has 2 heterocycles. The van der Waals surface area contributed by atoms with Crippen molar-refractivity contribution in [3.63, 3.8) is 0 Å². The molecule has 2 aromatic carbocycles. The van der Waals surface area contributed by atoms with E-state index in [4.69, 9.17) is 0 Å². The van der Waals surface area contributed by atoms with Gasteiger partial charge in [-0.05, 0) is 25.1 Å². The van der Waals surface area contributed by atoms with E-state index in [1.807, 2.05) is 24.3 Å². The molecule has 0 saturated carbocycles. The molecular formula is C19H14FN3O2. The van der Waals surface area contributed by atoms with E-state index in [0.29, 0.717) is 17.0 Å². The van der Waals surface area contributed by atoms with Crippen molar-refractivity contribution in [2.45, 2.75) is 13.0 Å². The van der Waals surface area contributed by atoms with Crippen LogP contribution in [0.25, 0.3) is 5.69 Å². The first-order chi connectivity index (χ1) is 12.1. The van der Waals surface area contributed by atoms with Crippen molar-refractivity contribution in [3.8, 4) is 5.69 Å². The normalized spacial score (nSPS) is 15.8. The molecule has 0 fully saturated rings. The fourth-order valence-electron chi connectivity index (χ4n) is 3.19. The molecular weight excluding hydrogens is 321 g/mol. The van der Waals surface area contributed by atoms with E-state index in [-0.39, 0.29) is 11.5 Å². The number of carboxylic acid groups (broad SMARTS) is 1. The standard InChI is InChI=1S/C19H14FN3O2/c1-11-18-17(19(24)25)21-10-23(18)15-9-5-3-7-13(15)16(22-11)12-6-2-4-8-14(12)20/h2-11H,1H3,(H,24,25)/t11-/m0/s1. The first-order valence-corrected chi connectivity index (χ1v) is 7.81. The molecule has 0 spiro atoms. The van der Waals surface area contributed by atoms with Crippen LogP contribution in [0.3, 0.4) is 0 Å². The minimum Gasteiger partial charge on any atom is -0.476 e. The molecule has 1 aliphatic rings. The van der Waals surface area contributed by atoms with Gasteiger partial charge in [0.15, 0.2) is 5.69 Å². The lowest BCUT2D eigenvalue weighted by molar-refractivity contribution is 0.0689. The number of carboxylic acids is 1. The van der Waals surface area contributed by atoms with E-state index in [1.165, 1.54) is 12.4 Å². The fourth-order valence-corrected chi connectivity index (χ4v) is 3.19. The Morgan fingerprint density at radius 2 is 1.80 bits per heavy atom. The van der Waals surface area contributed by atoms with Crippen molar-refractivity contribution in [2.75, 3.05) is 0 Å². The number of carbonyl (C=O) groups is 1. The number of hydrogen-bond acceptors (Lipinski definition) is 3. The Balaban J connectivity index is 2.04. The van der Waals surface area contributed by atoms with Crippen LogP contribution in [-0.2, 0) is 0 Å². The molecule has 25 heavy (non-hydrogen) atoms. The van der Waals surface area contributed by atoms with E-state index in [9.17, 15) is 14.3 Å². The van der Waals surface area contributed by atoms with Crippen molar-refractivity contribution in [3.05, 3.63) is 83.2 Å². The minimum atomic E-state index is -1.11. The lowest BCUT2D eigenvalue weighted by atomic mass is 10.00. The van der Waals surface area contributed by atoms with Crippen LogP contribution in [0.15, 0.2) is 59.9 Å². The van der Waals surface area contributed by atoms with E-state index in [0.717, 1.165) is 11.3 Å². The zero-order valence-corrected chi connectivity index (χ0v) is 13.3. The molecule has 0 aliphatic carbocycles. The molecule has 1 N–H and O–H groups in total. The summed E-state index contributed by atoms with van der Waals surface area (Å²) in [4.78, 5) is 20.2. The molecule has 124 valence electrons. The Bertz CT molecular complexity index is 1020. The summed E-state index contributed by atoms with van der Waals surface area (Å²) < 4.78 is 16.1. The number of benzene rings is 2. The largest absolute Gasteiger partial charge is 0.476 e. The van der Waals surface area contributed by atoms with Crippen molar-refractivity contribution in [2.24, 2.45) is 4.99 Å². The Hall–Kier alpha value is -3.28. The summed E-state index contributed by atoms with van der Waals surface area (Å²) in [5.41, 5.74) is 2.78. The topological polar surface area (TPSA) is 67.5 Å². The van der Waals surface area contributed by atoms with Gasteiger partial charge < -0.3 is 5.11 Å². The average Bonchev–Trinajstić information content (AvgIpc) is 3.01. The van der Waals surface area contributed by atoms with Crippen LogP contribution in [0.5, 0.6) is 0 Å². The summed E-state index contributed by atoms with van der Waals surface area (Å²) in [5, 5.41) is 9.43. The maximum Gasteiger partial charge on any atom is 0.356 e. The summed E-state index contributed by atoms with van der Waals surface area (Å²) in [6.07, 6.45) is 1.48. The van der Waals surface area contributed by atoms with Gasteiger partial charge in [0.1, 0.15) is 12.1 Å². The van der Waals surface area contributed by atoms with Crippen LogP contribution >= 0.6 is 0 Å². The fraction of sp³-hybridized carbons (Fsp3) is 0.105. The van der Waals surface area contributed by atoms with Gasteiger partial charge in [0.2, 0.25) is 0 Å². The monoisotopic (exact) mass is 335 g/mol. The zero-order chi connectivity index (χ0) is 17.6. The summed E-state index contributed by atoms with van der Waals surface area (Å²) in [7, 11) is 0. The highest BCUT2D eigenvalue weighted by Gasteiger charge is 2.28. The number of halogens is 1. The number of rotatable bonds is 2. The Morgan fingerprint density at radius 1 is 1.12 bits per heavy atom. The van der Waals surface area contributed by atoms with Gasteiger partial charge in [-0.2, -0.15) is 0 Å². The van der Waals surface area contributed by atoms with Crippen LogP contribution in [0.4, 0.5) is 4.39 Å². The molecule has 0 unspecified atom stereocenters. The summed E-state index contributed by atoms with van der Waals surface area (Å²) in [5.74, 6) is -1.48. The smallest absolute Gasteiger partial charge is 0.356 e. The molecule has 0 amide bonds. The third-order valence-electron chi connectivity index (χ3n) is 4.27. The number of aromatic carboxylic acids is 1. The van der Waals surface area contributed by atoms with Crippen molar-refractivity contribution in [1.82, 2.24) is 9.55 Å². The molecule has 0 saturated heterocycles. The maximum absolute atomic E-state index is 14.4. The van der Waals surface area contributed by atoms with E-state index in [2.05, 4.69) is 9.98 Å². The Kier molecular flexibility index (Phi) is 3.46. The van der Waals surface area contributed by atoms with Gasteiger partial charge in [0.25, 0.3) is 0 Å². The van der Waals surface area contributed by atoms with Gasteiger partial charge in [-0.3, -0.25) is 9.56 Å². The second kappa shape index (κ2) is 5.66. The second-order valence-electron chi connectivity index (χ2n) is 5.80. The first kappa shape index (κ1) is 15.3. The highest BCUT2D eigenvalue weighted by Crippen LogP contribution is 2.32. The second-order valence-corrected chi connectivity index (χ2v) is 5.80. The zero-order valence-electron chi connectivity index (χ0n) is 13.3. The predicted octanol–water partition coefficient (Wildman–Crippen LogP) is 3.62. The molecule has 1 aromatic heterocycles. The van der Waals surface area contributed by atoms with Crippen molar-refractivity contribution < 1.29 is 14.3 Å². The third kappa shape index (κ3) is 2.34. The third-order valence-corrected chi connectivity index (χ3v) is 4.27. The quantitative estimate of drug-likeness (QED) is 0.778. The molecule has 1 atom stereocenters. The lowest BCUT2D eigenvalue weighted by Gasteiger charge is -2.11. The Labute approximate surface area is 143 Å². The van der Waals surface area contributed by atoms with E-state index < -0.39 is 12.0 Å². The summed E-state index contributed by atoms with van der Waals surface area (Å²) in [6.45, 7) is 1.78. The predicted molar refractivity (Wildman–Crippen MR) is 91.0 cm³/mol. The van der Waals surface area contributed by atoms with Gasteiger partial charge in [-0.25, -0.2) is 14.2 Å². The molecule has 5 nitrogen and oxygen atoms in total. The van der Waals surface area contributed by atoms with Gasteiger partial charge in [0.05, 0.1) is 23.1 Å². The van der Waals surface area contributed by atoms with Gasteiger partial charge in [-0.15, -0.1) is 0 Å². The van der Waals surface area contributed by atoms with Gasteiger partial charge in [-0.1, -0.05) is 30.3 Å². The molecule has 0 radical (unpaired) electrons. The van der Waals surface area contributed by atoms with Crippen molar-refractivity contribution >= 4 is 11.7 Å². The van der Waals surface area contributed by atoms with Crippen LogP contribution in [0.1, 0.15) is 40.3 Å².